The van der Waals surface area contributed by atoms with E-state index in [1.165, 1.54) is 16.8 Å². The molecule has 9 nitrogen and oxygen atoms in total. The number of rotatable bonds is 4. The molecule has 0 aliphatic carbocycles. The van der Waals surface area contributed by atoms with Crippen LogP contribution in [-0.4, -0.2) is 29.0 Å². The summed E-state index contributed by atoms with van der Waals surface area (Å²) in [5, 5.41) is 18.2. The van der Waals surface area contributed by atoms with E-state index in [2.05, 4.69) is 10.4 Å². The Bertz CT molecular complexity index is 1360. The number of carbonyl (C=O) groups is 1. The molecule has 1 aromatic heterocycles. The Morgan fingerprint density at radius 3 is 2.58 bits per heavy atom. The summed E-state index contributed by atoms with van der Waals surface area (Å²) in [6, 6.07) is 9.13. The summed E-state index contributed by atoms with van der Waals surface area (Å²) in [5.74, 6) is -0.982. The molecule has 0 spiro atoms. The molecule has 4 rings (SSSR count). The van der Waals surface area contributed by atoms with Gasteiger partial charge < -0.3 is 5.32 Å². The third kappa shape index (κ3) is 3.91. The summed E-state index contributed by atoms with van der Waals surface area (Å²) in [6.07, 6.45) is 0. The highest BCUT2D eigenvalue weighted by Gasteiger charge is 2.33. The summed E-state index contributed by atoms with van der Waals surface area (Å²) in [7, 11) is -3.37. The van der Waals surface area contributed by atoms with Crippen LogP contribution in [0.5, 0.6) is 0 Å². The first kappa shape index (κ1) is 21.0. The predicted octanol–water partition coefficient (Wildman–Crippen LogP) is 3.73. The number of hydrogen-bond donors (Lipinski definition) is 1. The number of halogens is 1. The van der Waals surface area contributed by atoms with E-state index >= 15 is 0 Å². The van der Waals surface area contributed by atoms with Gasteiger partial charge in [0, 0.05) is 17.7 Å². The largest absolute Gasteiger partial charge is 0.306 e. The molecule has 0 fully saturated rings. The Kier molecular flexibility index (Phi) is 5.06. The van der Waals surface area contributed by atoms with Crippen LogP contribution in [0.15, 0.2) is 36.4 Å². The number of carbonyl (C=O) groups excluding carboxylic acids is 1. The fourth-order valence-electron chi connectivity index (χ4n) is 3.39. The molecule has 160 valence electrons. The van der Waals surface area contributed by atoms with Gasteiger partial charge in [-0.3, -0.25) is 14.9 Å². The van der Waals surface area contributed by atoms with Gasteiger partial charge in [-0.2, -0.15) is 5.10 Å². The highest BCUT2D eigenvalue weighted by Crippen LogP contribution is 2.34. The Morgan fingerprint density at radius 2 is 1.90 bits per heavy atom. The summed E-state index contributed by atoms with van der Waals surface area (Å²) >= 11 is 6.09. The van der Waals surface area contributed by atoms with Crippen molar-refractivity contribution in [2.24, 2.45) is 0 Å². The van der Waals surface area contributed by atoms with Crippen LogP contribution < -0.4 is 5.32 Å². The molecule has 0 bridgehead atoms. The van der Waals surface area contributed by atoms with E-state index < -0.39 is 20.7 Å². The second-order valence-corrected chi connectivity index (χ2v) is 9.83. The molecule has 1 amide bonds. The van der Waals surface area contributed by atoms with Gasteiger partial charge >= 0.3 is 0 Å². The molecule has 0 unspecified atom stereocenters. The molecule has 1 N–H and O–H groups in total. The van der Waals surface area contributed by atoms with Crippen molar-refractivity contribution in [1.29, 1.82) is 0 Å². The highest BCUT2D eigenvalue weighted by atomic mass is 35.5. The zero-order valence-corrected chi connectivity index (χ0v) is 18.1. The maximum atomic E-state index is 13.0. The number of amides is 1. The number of hydrogen-bond acceptors (Lipinski definition) is 6. The van der Waals surface area contributed by atoms with Crippen molar-refractivity contribution < 1.29 is 18.1 Å². The van der Waals surface area contributed by atoms with E-state index in [0.29, 0.717) is 16.9 Å². The number of non-ortho nitro benzene ring substituents is 1. The Hall–Kier alpha value is -3.24. The molecule has 0 saturated carbocycles. The van der Waals surface area contributed by atoms with Gasteiger partial charge in [0.25, 0.3) is 11.6 Å². The van der Waals surface area contributed by atoms with Gasteiger partial charge in [0.15, 0.2) is 9.84 Å². The quantitative estimate of drug-likeness (QED) is 0.467. The van der Waals surface area contributed by atoms with Crippen LogP contribution in [0.25, 0.3) is 5.69 Å². The lowest BCUT2D eigenvalue weighted by Gasteiger charge is -2.13. The van der Waals surface area contributed by atoms with Crippen LogP contribution in [0.3, 0.4) is 0 Å². The highest BCUT2D eigenvalue weighted by molar-refractivity contribution is 7.90. The van der Waals surface area contributed by atoms with E-state index in [0.717, 1.165) is 17.2 Å². The summed E-state index contributed by atoms with van der Waals surface area (Å²) in [5.41, 5.74) is 3.09. The van der Waals surface area contributed by atoms with Gasteiger partial charge in [-0.25, -0.2) is 13.1 Å². The van der Waals surface area contributed by atoms with Crippen LogP contribution in [-0.2, 0) is 21.3 Å². The summed E-state index contributed by atoms with van der Waals surface area (Å²) < 4.78 is 25.7. The molecule has 11 heteroatoms. The predicted molar refractivity (Wildman–Crippen MR) is 115 cm³/mol. The van der Waals surface area contributed by atoms with Crippen LogP contribution in [0.2, 0.25) is 5.02 Å². The van der Waals surface area contributed by atoms with E-state index in [9.17, 15) is 23.3 Å². The molecular weight excluding hydrogens is 444 g/mol. The molecule has 0 atom stereocenters. The van der Waals surface area contributed by atoms with Gasteiger partial charge in [-0.05, 0) is 43.2 Å². The lowest BCUT2D eigenvalue weighted by Crippen LogP contribution is -2.17. The molecular formula is C20H17ClN4O5S. The lowest BCUT2D eigenvalue weighted by molar-refractivity contribution is -0.384. The average molecular weight is 461 g/mol. The fraction of sp³-hybridized carbons (Fsp3) is 0.200. The monoisotopic (exact) mass is 460 g/mol. The SMILES string of the molecule is Cc1ccc(-n2nc3c(c2NC(=O)c2cc([N+](=O)[O-])ccc2Cl)CS(=O)(=O)C3)cc1C. The molecule has 1 aliphatic heterocycles. The maximum absolute atomic E-state index is 13.0. The minimum Gasteiger partial charge on any atom is -0.306 e. The van der Waals surface area contributed by atoms with Crippen LogP contribution in [0, 0.1) is 24.0 Å². The number of anilines is 1. The van der Waals surface area contributed by atoms with Gasteiger partial charge in [-0.1, -0.05) is 17.7 Å². The lowest BCUT2D eigenvalue weighted by atomic mass is 10.1. The average Bonchev–Trinajstić information content (AvgIpc) is 3.16. The van der Waals surface area contributed by atoms with Crippen molar-refractivity contribution in [3.63, 3.8) is 0 Å². The maximum Gasteiger partial charge on any atom is 0.270 e. The second-order valence-electron chi connectivity index (χ2n) is 7.36. The van der Waals surface area contributed by atoms with Crippen molar-refractivity contribution in [3.8, 4) is 5.69 Å². The first-order chi connectivity index (χ1) is 14.6. The Balaban J connectivity index is 1.81. The number of fused-ring (bicyclic) bond motifs is 1. The van der Waals surface area contributed by atoms with E-state index in [-0.39, 0.29) is 33.6 Å². The van der Waals surface area contributed by atoms with E-state index in [4.69, 9.17) is 11.6 Å². The van der Waals surface area contributed by atoms with E-state index in [1.54, 1.807) is 0 Å². The smallest absolute Gasteiger partial charge is 0.270 e. The van der Waals surface area contributed by atoms with Gasteiger partial charge in [-0.15, -0.1) is 0 Å². The van der Waals surface area contributed by atoms with Crippen LogP contribution in [0.4, 0.5) is 11.5 Å². The molecule has 1 aliphatic rings. The topological polar surface area (TPSA) is 124 Å². The van der Waals surface area contributed by atoms with Crippen molar-refractivity contribution >= 4 is 38.9 Å². The Labute approximate surface area is 182 Å². The van der Waals surface area contributed by atoms with Gasteiger partial charge in [0.1, 0.15) is 5.82 Å². The molecule has 2 heterocycles. The zero-order chi connectivity index (χ0) is 22.5. The molecule has 3 aromatic rings. The van der Waals surface area contributed by atoms with Crippen molar-refractivity contribution in [1.82, 2.24) is 9.78 Å². The van der Waals surface area contributed by atoms with Crippen molar-refractivity contribution in [2.75, 3.05) is 5.32 Å². The number of benzene rings is 2. The van der Waals surface area contributed by atoms with Crippen molar-refractivity contribution in [2.45, 2.75) is 25.4 Å². The van der Waals surface area contributed by atoms with Gasteiger partial charge in [0.2, 0.25) is 0 Å². The molecule has 0 radical (unpaired) electrons. The third-order valence-corrected chi connectivity index (χ3v) is 6.93. The number of aromatic nitrogens is 2. The molecule has 0 saturated heterocycles. The zero-order valence-electron chi connectivity index (χ0n) is 16.5. The first-order valence-corrected chi connectivity index (χ1v) is 11.4. The minimum absolute atomic E-state index is 0.0320. The normalized spacial score (nSPS) is 14.3. The van der Waals surface area contributed by atoms with Crippen molar-refractivity contribution in [3.05, 3.63) is 79.5 Å². The third-order valence-electron chi connectivity index (χ3n) is 5.16. The fourth-order valence-corrected chi connectivity index (χ4v) is 5.09. The minimum atomic E-state index is -3.37. The number of sulfone groups is 1. The standard InChI is InChI=1S/C20H17ClN4O5S/c1-11-3-4-13(7-12(11)2)24-19(16-9-31(29,30)10-18(16)23-24)22-20(26)15-8-14(25(27)28)5-6-17(15)21/h3-8H,9-10H2,1-2H3,(H,22,26). The van der Waals surface area contributed by atoms with Crippen LogP contribution >= 0.6 is 11.6 Å². The van der Waals surface area contributed by atoms with Crippen LogP contribution in [0.1, 0.15) is 32.7 Å². The molecule has 2 aromatic carbocycles. The number of nitro groups is 1. The summed E-state index contributed by atoms with van der Waals surface area (Å²) in [4.78, 5) is 23.4. The van der Waals surface area contributed by atoms with Gasteiger partial charge in [0.05, 0.1) is 38.4 Å². The number of nitro benzene ring substituents is 1. The number of nitrogens with zero attached hydrogens (tertiary/aromatic N) is 3. The number of nitrogens with one attached hydrogen (secondary N) is 1. The number of aryl methyl sites for hydroxylation is 2. The summed E-state index contributed by atoms with van der Waals surface area (Å²) in [6.45, 7) is 3.89. The first-order valence-electron chi connectivity index (χ1n) is 9.20. The van der Waals surface area contributed by atoms with E-state index in [1.807, 2.05) is 32.0 Å². The molecule has 31 heavy (non-hydrogen) atoms. The second kappa shape index (κ2) is 7.47. The Morgan fingerprint density at radius 1 is 1.16 bits per heavy atom.